The maximum absolute atomic E-state index is 14.7. The molecular formula is C47H53N5O9S. The molecular weight excluding hydrogens is 811 g/mol. The van der Waals surface area contributed by atoms with Crippen molar-refractivity contribution in [3.63, 3.8) is 0 Å². The highest BCUT2D eigenvalue weighted by molar-refractivity contribution is 7.90. The number of methoxy groups -OCH3 is 1. The lowest BCUT2D eigenvalue weighted by Crippen LogP contribution is -2.59. The van der Waals surface area contributed by atoms with Gasteiger partial charge in [-0.25, -0.2) is 22.9 Å². The monoisotopic (exact) mass is 863 g/mol. The van der Waals surface area contributed by atoms with Crippen LogP contribution in [-0.2, 0) is 42.0 Å². The molecule has 3 N–H and O–H groups in total. The molecule has 3 fully saturated rings. The zero-order valence-electron chi connectivity index (χ0n) is 35.2. The standard InChI is InChI=1S/C47H53N5O9S/c1-5-32-26-47(32,45(55)51-62(57,58)36-16-7-6-8-17-36)50-43(53)40-24-35(27-52(40)44(54)42(28(2)3)49-46(56)61-33-14-9-10-15-33)60-41-25-38(31-19-18-29-12-11-13-30(29)22-31)48-39-23-34(59-4)20-21-37(39)41/h5-8,16-23,25,28,32-33,35,40,42H,1,9-15,24,26-27H2,2-4H3,(H,49,56)(H,50,53)(H,51,55)/t32-,35-,40+,42+,47-/m1/s1. The van der Waals surface area contributed by atoms with Crippen molar-refractivity contribution in [2.75, 3.05) is 13.7 Å². The molecule has 1 saturated heterocycles. The normalized spacial score (nSPS) is 22.5. The SMILES string of the molecule is C=C[C@@H]1C[C@]1(NC(=O)[C@@H]1C[C@@H](Oc2cc(-c3ccc4c(c3)CCC4)nc3cc(OC)ccc23)CN1C(=O)[C@@H](NC(=O)OC1CCCC1)C(C)C)C(=O)NS(=O)(=O)c1ccccc1. The summed E-state index contributed by atoms with van der Waals surface area (Å²) in [7, 11) is -2.70. The van der Waals surface area contributed by atoms with Gasteiger partial charge in [-0.3, -0.25) is 14.4 Å². The van der Waals surface area contributed by atoms with E-state index in [2.05, 4.69) is 40.1 Å². The third kappa shape index (κ3) is 8.72. The molecule has 326 valence electrons. The van der Waals surface area contributed by atoms with E-state index in [-0.39, 0.29) is 30.4 Å². The molecule has 0 unspecified atom stereocenters. The Bertz CT molecular complexity index is 2510. The molecule has 0 radical (unpaired) electrons. The maximum Gasteiger partial charge on any atom is 0.408 e. The number of amides is 4. The summed E-state index contributed by atoms with van der Waals surface area (Å²) in [5.74, 6) is -2.01. The Morgan fingerprint density at radius 3 is 2.40 bits per heavy atom. The van der Waals surface area contributed by atoms with Crippen molar-refractivity contribution >= 4 is 44.7 Å². The number of nitrogens with one attached hydrogen (secondary N) is 3. The Morgan fingerprint density at radius 1 is 0.935 bits per heavy atom. The van der Waals surface area contributed by atoms with E-state index >= 15 is 0 Å². The highest BCUT2D eigenvalue weighted by atomic mass is 32.2. The highest BCUT2D eigenvalue weighted by Crippen LogP contribution is 2.45. The molecule has 4 amide bonds. The summed E-state index contributed by atoms with van der Waals surface area (Å²) in [6, 6.07) is 19.0. The van der Waals surface area contributed by atoms with Crippen LogP contribution < -0.4 is 24.8 Å². The van der Waals surface area contributed by atoms with Crippen LogP contribution in [0, 0.1) is 11.8 Å². The van der Waals surface area contributed by atoms with Crippen LogP contribution in [0.4, 0.5) is 4.79 Å². The minimum absolute atomic E-state index is 0.0157. The molecule has 4 aliphatic rings. The molecule has 0 bridgehead atoms. The number of benzene rings is 3. The summed E-state index contributed by atoms with van der Waals surface area (Å²) in [6.45, 7) is 7.36. The molecule has 15 heteroatoms. The van der Waals surface area contributed by atoms with Gasteiger partial charge in [0.1, 0.15) is 41.3 Å². The quantitative estimate of drug-likeness (QED) is 0.127. The summed E-state index contributed by atoms with van der Waals surface area (Å²) in [6.07, 6.45) is 6.47. The van der Waals surface area contributed by atoms with Crippen molar-refractivity contribution in [2.24, 2.45) is 11.8 Å². The number of pyridine rings is 1. The van der Waals surface area contributed by atoms with Crippen LogP contribution in [0.15, 0.2) is 90.3 Å². The zero-order chi connectivity index (χ0) is 43.8. The van der Waals surface area contributed by atoms with Gasteiger partial charge in [-0.05, 0) is 98.7 Å². The van der Waals surface area contributed by atoms with E-state index in [1.54, 1.807) is 27.0 Å². The number of rotatable bonds is 14. The number of ether oxygens (including phenoxy) is 3. The second-order valence-electron chi connectivity index (χ2n) is 17.1. The lowest BCUT2D eigenvalue weighted by Gasteiger charge is -2.31. The van der Waals surface area contributed by atoms with Gasteiger partial charge in [-0.2, -0.15) is 0 Å². The third-order valence-electron chi connectivity index (χ3n) is 12.6. The Labute approximate surface area is 361 Å². The molecule has 1 aliphatic heterocycles. The van der Waals surface area contributed by atoms with Crippen molar-refractivity contribution in [2.45, 2.75) is 106 Å². The molecule has 62 heavy (non-hydrogen) atoms. The van der Waals surface area contributed by atoms with Crippen LogP contribution in [0.2, 0.25) is 0 Å². The third-order valence-corrected chi connectivity index (χ3v) is 14.0. The number of aryl methyl sites for hydroxylation is 2. The second-order valence-corrected chi connectivity index (χ2v) is 18.8. The van der Waals surface area contributed by atoms with Crippen molar-refractivity contribution in [3.05, 3.63) is 96.6 Å². The first-order valence-electron chi connectivity index (χ1n) is 21.4. The van der Waals surface area contributed by atoms with Crippen molar-refractivity contribution in [1.82, 2.24) is 25.2 Å². The van der Waals surface area contributed by atoms with Crippen LogP contribution in [0.1, 0.15) is 69.9 Å². The fourth-order valence-corrected chi connectivity index (χ4v) is 10.1. The smallest absolute Gasteiger partial charge is 0.408 e. The maximum atomic E-state index is 14.7. The Morgan fingerprint density at radius 2 is 1.69 bits per heavy atom. The summed E-state index contributed by atoms with van der Waals surface area (Å²) in [5, 5.41) is 6.30. The highest BCUT2D eigenvalue weighted by Gasteiger charge is 2.61. The average Bonchev–Trinajstić information content (AvgIpc) is 3.68. The molecule has 0 spiro atoms. The number of likely N-dealkylation sites (tertiary alicyclic amines) is 1. The number of nitrogens with zero attached hydrogens (tertiary/aromatic N) is 2. The van der Waals surface area contributed by atoms with E-state index in [9.17, 15) is 27.6 Å². The predicted octanol–water partition coefficient (Wildman–Crippen LogP) is 6.01. The Hall–Kier alpha value is -5.96. The topological polar surface area (TPSA) is 182 Å². The lowest BCUT2D eigenvalue weighted by molar-refractivity contribution is -0.141. The van der Waals surface area contributed by atoms with Crippen LogP contribution in [-0.4, -0.2) is 85.6 Å². The number of fused-ring (bicyclic) bond motifs is 2. The lowest BCUT2D eigenvalue weighted by atomic mass is 10.0. The largest absolute Gasteiger partial charge is 0.497 e. The van der Waals surface area contributed by atoms with Crippen molar-refractivity contribution < 1.29 is 41.8 Å². The number of carbonyl (C=O) groups is 4. The summed E-state index contributed by atoms with van der Waals surface area (Å²) >= 11 is 0. The van der Waals surface area contributed by atoms with Gasteiger partial charge < -0.3 is 29.7 Å². The molecule has 2 saturated carbocycles. The van der Waals surface area contributed by atoms with Crippen molar-refractivity contribution in [1.29, 1.82) is 0 Å². The van der Waals surface area contributed by atoms with E-state index in [4.69, 9.17) is 19.2 Å². The average molecular weight is 864 g/mol. The number of hydrogen-bond donors (Lipinski definition) is 3. The van der Waals surface area contributed by atoms with Gasteiger partial charge in [0.05, 0.1) is 29.8 Å². The van der Waals surface area contributed by atoms with E-state index in [1.165, 1.54) is 46.4 Å². The molecule has 3 aliphatic carbocycles. The predicted molar refractivity (Wildman–Crippen MR) is 232 cm³/mol. The van der Waals surface area contributed by atoms with E-state index in [0.29, 0.717) is 28.1 Å². The van der Waals surface area contributed by atoms with Gasteiger partial charge in [-0.15, -0.1) is 6.58 Å². The van der Waals surface area contributed by atoms with Crippen LogP contribution in [0.25, 0.3) is 22.2 Å². The van der Waals surface area contributed by atoms with Crippen LogP contribution >= 0.6 is 0 Å². The number of hydrogen-bond acceptors (Lipinski definition) is 10. The summed E-state index contributed by atoms with van der Waals surface area (Å²) < 4.78 is 46.6. The minimum Gasteiger partial charge on any atom is -0.497 e. The Balaban J connectivity index is 1.10. The molecule has 8 rings (SSSR count). The van der Waals surface area contributed by atoms with Crippen LogP contribution in [0.3, 0.4) is 0 Å². The minimum atomic E-state index is -4.28. The molecule has 3 aromatic carbocycles. The fourth-order valence-electron chi connectivity index (χ4n) is 9.05. The Kier molecular flexibility index (Phi) is 12.0. The van der Waals surface area contributed by atoms with Gasteiger partial charge in [0.15, 0.2) is 0 Å². The number of sulfonamides is 1. The first-order valence-corrected chi connectivity index (χ1v) is 22.9. The molecule has 14 nitrogen and oxygen atoms in total. The summed E-state index contributed by atoms with van der Waals surface area (Å²) in [4.78, 5) is 62.6. The summed E-state index contributed by atoms with van der Waals surface area (Å²) in [5.41, 5.74) is 3.22. The van der Waals surface area contributed by atoms with Gasteiger partial charge in [0, 0.05) is 35.4 Å². The number of aromatic nitrogens is 1. The first kappa shape index (κ1) is 42.7. The van der Waals surface area contributed by atoms with Gasteiger partial charge in [-0.1, -0.05) is 50.3 Å². The number of carbonyl (C=O) groups excluding carboxylic acids is 4. The molecule has 5 atom stereocenters. The van der Waals surface area contributed by atoms with Gasteiger partial charge >= 0.3 is 6.09 Å². The molecule has 2 heterocycles. The second kappa shape index (κ2) is 17.4. The zero-order valence-corrected chi connectivity index (χ0v) is 36.0. The van der Waals surface area contributed by atoms with Crippen LogP contribution in [0.5, 0.6) is 11.5 Å². The number of alkyl carbamates (subject to hydrolysis) is 1. The van der Waals surface area contributed by atoms with E-state index in [0.717, 1.165) is 50.5 Å². The molecule has 4 aromatic rings. The molecule has 1 aromatic heterocycles. The van der Waals surface area contributed by atoms with E-state index in [1.807, 2.05) is 24.3 Å². The van der Waals surface area contributed by atoms with Gasteiger partial charge in [0.2, 0.25) is 11.8 Å². The van der Waals surface area contributed by atoms with E-state index < -0.39 is 69.4 Å². The first-order chi connectivity index (χ1) is 29.8. The van der Waals surface area contributed by atoms with Crippen molar-refractivity contribution in [3.8, 4) is 22.8 Å². The fraction of sp³-hybridized carbons (Fsp3) is 0.426. The van der Waals surface area contributed by atoms with Gasteiger partial charge in [0.25, 0.3) is 15.9 Å².